The number of halogens is 2. The molecule has 0 radical (unpaired) electrons. The summed E-state index contributed by atoms with van der Waals surface area (Å²) in [5.41, 5.74) is 2.24. The quantitative estimate of drug-likeness (QED) is 0.303. The number of benzene rings is 2. The van der Waals surface area contributed by atoms with E-state index in [0.717, 1.165) is 14.7 Å². The van der Waals surface area contributed by atoms with Gasteiger partial charge in [-0.3, -0.25) is 9.69 Å². The second kappa shape index (κ2) is 9.77. The van der Waals surface area contributed by atoms with Crippen LogP contribution >= 0.6 is 46.4 Å². The fraction of sp³-hybridized carbons (Fsp3) is 0.238. The van der Waals surface area contributed by atoms with E-state index < -0.39 is 0 Å². The smallest absolute Gasteiger partial charge is 0.276 e. The first kappa shape index (κ1) is 21.9. The van der Waals surface area contributed by atoms with E-state index >= 15 is 0 Å². The third-order valence-corrected chi connectivity index (χ3v) is 5.55. The SMILES string of the molecule is CCOc1cc(/C=C2\NC(=S)N(CC)C2=O)cc(I)c1OCc1cccc(Cl)c1. The van der Waals surface area contributed by atoms with Crippen molar-refractivity contribution >= 4 is 63.5 Å². The zero-order valence-electron chi connectivity index (χ0n) is 16.0. The van der Waals surface area contributed by atoms with Crippen molar-refractivity contribution in [2.45, 2.75) is 20.5 Å². The number of nitrogens with one attached hydrogen (secondary N) is 1. The first-order valence-corrected chi connectivity index (χ1v) is 11.0. The maximum Gasteiger partial charge on any atom is 0.276 e. The van der Waals surface area contributed by atoms with Gasteiger partial charge in [-0.1, -0.05) is 23.7 Å². The minimum atomic E-state index is -0.133. The number of ether oxygens (including phenoxy) is 2. The van der Waals surface area contributed by atoms with Crippen LogP contribution in [0.2, 0.25) is 5.02 Å². The van der Waals surface area contributed by atoms with E-state index in [-0.39, 0.29) is 5.91 Å². The van der Waals surface area contributed by atoms with Gasteiger partial charge >= 0.3 is 0 Å². The molecule has 0 aromatic heterocycles. The molecule has 0 spiro atoms. The molecular formula is C21H20ClIN2O3S. The van der Waals surface area contributed by atoms with Crippen molar-refractivity contribution in [2.75, 3.05) is 13.2 Å². The highest BCUT2D eigenvalue weighted by molar-refractivity contribution is 14.1. The van der Waals surface area contributed by atoms with Crippen LogP contribution in [0.3, 0.4) is 0 Å². The predicted octanol–water partition coefficient (Wildman–Crippen LogP) is 5.00. The van der Waals surface area contributed by atoms with Gasteiger partial charge in [-0.2, -0.15) is 0 Å². The van der Waals surface area contributed by atoms with Crippen LogP contribution < -0.4 is 14.8 Å². The van der Waals surface area contributed by atoms with Crippen LogP contribution in [-0.4, -0.2) is 29.1 Å². The Morgan fingerprint density at radius 1 is 1.24 bits per heavy atom. The first-order chi connectivity index (χ1) is 13.9. The van der Waals surface area contributed by atoms with E-state index in [4.69, 9.17) is 33.3 Å². The Morgan fingerprint density at radius 3 is 2.69 bits per heavy atom. The van der Waals surface area contributed by atoms with E-state index in [1.54, 1.807) is 6.08 Å². The molecule has 29 heavy (non-hydrogen) atoms. The Bertz CT molecular complexity index is 980. The van der Waals surface area contributed by atoms with Crippen molar-refractivity contribution in [3.63, 3.8) is 0 Å². The third kappa shape index (κ3) is 5.21. The average molecular weight is 543 g/mol. The number of nitrogens with zero attached hydrogens (tertiary/aromatic N) is 1. The van der Waals surface area contributed by atoms with Gasteiger partial charge in [-0.25, -0.2) is 0 Å². The summed E-state index contributed by atoms with van der Waals surface area (Å²) >= 11 is 13.5. The lowest BCUT2D eigenvalue weighted by atomic mass is 10.1. The highest BCUT2D eigenvalue weighted by atomic mass is 127. The normalized spacial score (nSPS) is 15.0. The van der Waals surface area contributed by atoms with Crippen molar-refractivity contribution in [3.05, 3.63) is 61.8 Å². The summed E-state index contributed by atoms with van der Waals surface area (Å²) in [4.78, 5) is 14.0. The van der Waals surface area contributed by atoms with Crippen molar-refractivity contribution < 1.29 is 14.3 Å². The molecule has 152 valence electrons. The number of likely N-dealkylation sites (N-methyl/N-ethyl adjacent to an activating group) is 1. The highest BCUT2D eigenvalue weighted by Crippen LogP contribution is 2.35. The predicted molar refractivity (Wildman–Crippen MR) is 127 cm³/mol. The zero-order valence-corrected chi connectivity index (χ0v) is 19.7. The van der Waals surface area contributed by atoms with E-state index in [9.17, 15) is 4.79 Å². The third-order valence-electron chi connectivity index (χ3n) is 4.19. The number of carbonyl (C=O) groups is 1. The number of hydrogen-bond donors (Lipinski definition) is 1. The molecule has 1 fully saturated rings. The van der Waals surface area contributed by atoms with Gasteiger partial charge in [0.25, 0.3) is 5.91 Å². The summed E-state index contributed by atoms with van der Waals surface area (Å²) in [5.74, 6) is 1.14. The minimum Gasteiger partial charge on any atom is -0.490 e. The van der Waals surface area contributed by atoms with E-state index in [2.05, 4.69) is 27.9 Å². The molecule has 2 aromatic rings. The van der Waals surface area contributed by atoms with Gasteiger partial charge in [0.1, 0.15) is 12.3 Å². The maximum atomic E-state index is 12.4. The van der Waals surface area contributed by atoms with Gasteiger partial charge in [-0.15, -0.1) is 0 Å². The topological polar surface area (TPSA) is 50.8 Å². The Labute approximate surface area is 194 Å². The molecular weight excluding hydrogens is 523 g/mol. The number of rotatable bonds is 7. The molecule has 0 saturated carbocycles. The van der Waals surface area contributed by atoms with Crippen molar-refractivity contribution in [1.82, 2.24) is 10.2 Å². The van der Waals surface area contributed by atoms with Crippen LogP contribution in [0.25, 0.3) is 6.08 Å². The monoisotopic (exact) mass is 542 g/mol. The van der Waals surface area contributed by atoms with Gasteiger partial charge in [0.2, 0.25) is 0 Å². The lowest BCUT2D eigenvalue weighted by Crippen LogP contribution is -2.30. The average Bonchev–Trinajstić information content (AvgIpc) is 2.94. The van der Waals surface area contributed by atoms with Gasteiger partial charge in [-0.05, 0) is 90.1 Å². The van der Waals surface area contributed by atoms with E-state index in [1.165, 1.54) is 4.90 Å². The van der Waals surface area contributed by atoms with Crippen molar-refractivity contribution in [3.8, 4) is 11.5 Å². The van der Waals surface area contributed by atoms with Crippen LogP contribution in [-0.2, 0) is 11.4 Å². The summed E-state index contributed by atoms with van der Waals surface area (Å²) < 4.78 is 12.7. The second-order valence-electron chi connectivity index (χ2n) is 6.22. The molecule has 1 saturated heterocycles. The minimum absolute atomic E-state index is 0.133. The molecule has 5 nitrogen and oxygen atoms in total. The number of hydrogen-bond acceptors (Lipinski definition) is 4. The maximum absolute atomic E-state index is 12.4. The van der Waals surface area contributed by atoms with Gasteiger partial charge < -0.3 is 14.8 Å². The van der Waals surface area contributed by atoms with Crippen molar-refractivity contribution in [2.24, 2.45) is 0 Å². The Balaban J connectivity index is 1.87. The van der Waals surface area contributed by atoms with Crippen LogP contribution in [0.4, 0.5) is 0 Å². The molecule has 1 aliphatic heterocycles. The molecule has 1 heterocycles. The Hall–Kier alpha value is -1.84. The molecule has 0 atom stereocenters. The van der Waals surface area contributed by atoms with E-state index in [0.29, 0.717) is 47.1 Å². The van der Waals surface area contributed by atoms with Gasteiger partial charge in [0.05, 0.1) is 10.2 Å². The molecule has 0 unspecified atom stereocenters. The largest absolute Gasteiger partial charge is 0.490 e. The fourth-order valence-corrected chi connectivity index (χ4v) is 4.20. The second-order valence-corrected chi connectivity index (χ2v) is 8.20. The summed E-state index contributed by atoms with van der Waals surface area (Å²) in [6.45, 7) is 5.20. The van der Waals surface area contributed by atoms with Crippen molar-refractivity contribution in [1.29, 1.82) is 0 Å². The van der Waals surface area contributed by atoms with Crippen LogP contribution in [0.1, 0.15) is 25.0 Å². The number of amides is 1. The standard InChI is InChI=1S/C21H20ClIN2O3S/c1-3-25-20(26)17(24-21(25)29)10-14-9-16(23)19(18(11-14)27-4-2)28-12-13-6-5-7-15(22)8-13/h5-11H,3-4,12H2,1-2H3,(H,24,29)/b17-10-. The number of carbonyl (C=O) groups excluding carboxylic acids is 1. The lowest BCUT2D eigenvalue weighted by Gasteiger charge is -2.15. The van der Waals surface area contributed by atoms with Crippen LogP contribution in [0.5, 0.6) is 11.5 Å². The summed E-state index contributed by atoms with van der Waals surface area (Å²) in [6.07, 6.45) is 1.77. The Kier molecular flexibility index (Phi) is 7.37. The highest BCUT2D eigenvalue weighted by Gasteiger charge is 2.29. The summed E-state index contributed by atoms with van der Waals surface area (Å²) in [5, 5.41) is 4.06. The Morgan fingerprint density at radius 2 is 2.03 bits per heavy atom. The van der Waals surface area contributed by atoms with E-state index in [1.807, 2.05) is 50.2 Å². The first-order valence-electron chi connectivity index (χ1n) is 9.11. The molecule has 0 bridgehead atoms. The fourth-order valence-electron chi connectivity index (χ4n) is 2.88. The summed E-state index contributed by atoms with van der Waals surface area (Å²) in [6, 6.07) is 11.3. The molecule has 8 heteroatoms. The summed E-state index contributed by atoms with van der Waals surface area (Å²) in [7, 11) is 0. The van der Waals surface area contributed by atoms with Gasteiger partial charge in [0.15, 0.2) is 16.6 Å². The molecule has 3 rings (SSSR count). The number of thiocarbonyl (C=S) groups is 1. The molecule has 0 aliphatic carbocycles. The lowest BCUT2D eigenvalue weighted by molar-refractivity contribution is -0.122. The molecule has 1 N–H and O–H groups in total. The van der Waals surface area contributed by atoms with Crippen LogP contribution in [0.15, 0.2) is 42.1 Å². The van der Waals surface area contributed by atoms with Gasteiger partial charge in [0, 0.05) is 11.6 Å². The zero-order chi connectivity index (χ0) is 21.0. The van der Waals surface area contributed by atoms with Crippen LogP contribution in [0, 0.1) is 3.57 Å². The molecule has 1 aliphatic rings. The molecule has 1 amide bonds. The molecule has 2 aromatic carbocycles.